The lowest BCUT2D eigenvalue weighted by molar-refractivity contribution is -0.384. The summed E-state index contributed by atoms with van der Waals surface area (Å²) in [5, 5.41) is 18.6. The second kappa shape index (κ2) is 13.1. The zero-order valence-corrected chi connectivity index (χ0v) is 21.1. The third-order valence-electron chi connectivity index (χ3n) is 6.19. The molecule has 3 rings (SSSR count). The minimum Gasteiger partial charge on any atom is -0.466 e. The van der Waals surface area contributed by atoms with Crippen molar-refractivity contribution in [3.63, 3.8) is 0 Å². The summed E-state index contributed by atoms with van der Waals surface area (Å²) in [5.74, 6) is -4.48. The largest absolute Gasteiger partial charge is 0.466 e. The minimum atomic E-state index is -1.42. The van der Waals surface area contributed by atoms with E-state index >= 15 is 0 Å². The van der Waals surface area contributed by atoms with Crippen molar-refractivity contribution in [2.45, 2.75) is 50.2 Å². The third-order valence-corrected chi connectivity index (χ3v) is 6.19. The Labute approximate surface area is 223 Å². The Balaban J connectivity index is 1.72. The number of piperazine rings is 1. The fourth-order valence-electron chi connectivity index (χ4n) is 4.27. The normalized spacial score (nSPS) is 18.2. The molecule has 0 spiro atoms. The second-order valence-electron chi connectivity index (χ2n) is 8.93. The molecule has 1 aliphatic rings. The molecule has 1 fully saturated rings. The van der Waals surface area contributed by atoms with Crippen molar-refractivity contribution in [1.82, 2.24) is 16.0 Å². The molecule has 0 radical (unpaired) electrons. The van der Waals surface area contributed by atoms with E-state index in [0.717, 1.165) is 5.56 Å². The summed E-state index contributed by atoms with van der Waals surface area (Å²) in [4.78, 5) is 73.2. The minimum absolute atomic E-state index is 0.0706. The first kappa shape index (κ1) is 28.8. The summed E-state index contributed by atoms with van der Waals surface area (Å²) in [5.41, 5.74) is 6.52. The molecule has 0 unspecified atom stereocenters. The number of amides is 4. The molecule has 206 valence electrons. The molecule has 0 saturated carbocycles. The summed E-state index contributed by atoms with van der Waals surface area (Å²) in [6, 6.07) is 10.8. The average Bonchev–Trinajstić information content (AvgIpc) is 2.89. The highest BCUT2D eigenvalue weighted by Gasteiger charge is 2.37. The maximum absolute atomic E-state index is 12.9. The number of primary amides is 1. The molecule has 2 aromatic rings. The van der Waals surface area contributed by atoms with Gasteiger partial charge in [-0.25, -0.2) is 0 Å². The van der Waals surface area contributed by atoms with Crippen LogP contribution in [0.2, 0.25) is 0 Å². The van der Waals surface area contributed by atoms with Crippen molar-refractivity contribution in [2.75, 3.05) is 6.61 Å². The van der Waals surface area contributed by atoms with Gasteiger partial charge < -0.3 is 26.4 Å². The molecule has 1 heterocycles. The topological polar surface area (TPSA) is 200 Å². The van der Waals surface area contributed by atoms with E-state index < -0.39 is 65.0 Å². The van der Waals surface area contributed by atoms with Gasteiger partial charge >= 0.3 is 5.97 Å². The third kappa shape index (κ3) is 7.84. The average molecular weight is 540 g/mol. The molecule has 13 heteroatoms. The molecule has 1 aliphatic heterocycles. The van der Waals surface area contributed by atoms with Gasteiger partial charge in [0.15, 0.2) is 0 Å². The number of carbonyl (C=O) groups excluding carboxylic acids is 5. The lowest BCUT2D eigenvalue weighted by atomic mass is 9.87. The van der Waals surface area contributed by atoms with Crippen LogP contribution in [0.1, 0.15) is 36.8 Å². The van der Waals surface area contributed by atoms with Crippen LogP contribution in [0.25, 0.3) is 0 Å². The van der Waals surface area contributed by atoms with E-state index in [1.165, 1.54) is 24.3 Å². The van der Waals surface area contributed by atoms with Crippen LogP contribution >= 0.6 is 0 Å². The van der Waals surface area contributed by atoms with E-state index in [4.69, 9.17) is 10.5 Å². The maximum Gasteiger partial charge on any atom is 0.306 e. The fourth-order valence-corrected chi connectivity index (χ4v) is 4.27. The van der Waals surface area contributed by atoms with Gasteiger partial charge in [-0.3, -0.25) is 34.1 Å². The van der Waals surface area contributed by atoms with Gasteiger partial charge in [0.25, 0.3) is 5.69 Å². The predicted octanol–water partition coefficient (Wildman–Crippen LogP) is 0.218. The van der Waals surface area contributed by atoms with Crippen molar-refractivity contribution in [3.05, 3.63) is 75.8 Å². The maximum atomic E-state index is 12.9. The Hall–Kier alpha value is -4.81. The number of benzene rings is 2. The van der Waals surface area contributed by atoms with Crippen molar-refractivity contribution in [1.29, 1.82) is 0 Å². The highest BCUT2D eigenvalue weighted by atomic mass is 16.6. The van der Waals surface area contributed by atoms with Gasteiger partial charge in [0.05, 0.1) is 24.4 Å². The van der Waals surface area contributed by atoms with Crippen LogP contribution in [0.5, 0.6) is 0 Å². The van der Waals surface area contributed by atoms with Crippen LogP contribution < -0.4 is 21.7 Å². The SMILES string of the molecule is CCOC(=O)C[C@H](c1ccc([N+](=O)[O-])cc1)[C@H](NC(=O)C[C@@H]1NC(=O)[C@H](Cc2ccccc2)NC1=O)C(N)=O. The summed E-state index contributed by atoms with van der Waals surface area (Å²) >= 11 is 0. The molecule has 0 bridgehead atoms. The predicted molar refractivity (Wildman–Crippen MR) is 137 cm³/mol. The molecular weight excluding hydrogens is 510 g/mol. The molecule has 5 N–H and O–H groups in total. The fraction of sp³-hybridized carbons (Fsp3) is 0.346. The van der Waals surface area contributed by atoms with E-state index in [1.807, 2.05) is 30.3 Å². The van der Waals surface area contributed by atoms with E-state index in [9.17, 15) is 34.1 Å². The number of non-ortho nitro benzene ring substituents is 1. The molecule has 1 saturated heterocycles. The number of hydrogen-bond acceptors (Lipinski definition) is 8. The number of ether oxygens (including phenoxy) is 1. The van der Waals surface area contributed by atoms with Gasteiger partial charge in [0, 0.05) is 24.5 Å². The Bertz CT molecular complexity index is 1230. The molecule has 0 aromatic heterocycles. The number of nitrogens with zero attached hydrogens (tertiary/aromatic N) is 1. The Morgan fingerprint density at radius 3 is 2.23 bits per heavy atom. The first-order valence-electron chi connectivity index (χ1n) is 12.2. The Kier molecular flexibility index (Phi) is 9.68. The zero-order valence-electron chi connectivity index (χ0n) is 21.1. The van der Waals surface area contributed by atoms with Crippen molar-refractivity contribution in [2.24, 2.45) is 5.73 Å². The lowest BCUT2D eigenvalue weighted by Gasteiger charge is -2.30. The lowest BCUT2D eigenvalue weighted by Crippen LogP contribution is -2.63. The molecule has 2 aromatic carbocycles. The number of nitrogens with two attached hydrogens (primary N) is 1. The molecule has 0 aliphatic carbocycles. The van der Waals surface area contributed by atoms with Crippen LogP contribution in [0.15, 0.2) is 54.6 Å². The van der Waals surface area contributed by atoms with Gasteiger partial charge in [0.2, 0.25) is 23.6 Å². The highest BCUT2D eigenvalue weighted by Crippen LogP contribution is 2.27. The van der Waals surface area contributed by atoms with Gasteiger partial charge in [-0.1, -0.05) is 42.5 Å². The van der Waals surface area contributed by atoms with Crippen LogP contribution in [0, 0.1) is 10.1 Å². The highest BCUT2D eigenvalue weighted by molar-refractivity contribution is 5.99. The smallest absolute Gasteiger partial charge is 0.306 e. The van der Waals surface area contributed by atoms with Crippen molar-refractivity contribution < 1.29 is 33.6 Å². The van der Waals surface area contributed by atoms with Crippen LogP contribution in [-0.4, -0.2) is 59.3 Å². The monoisotopic (exact) mass is 539 g/mol. The van der Waals surface area contributed by atoms with Crippen LogP contribution in [0.4, 0.5) is 5.69 Å². The second-order valence-corrected chi connectivity index (χ2v) is 8.93. The van der Waals surface area contributed by atoms with E-state index in [1.54, 1.807) is 6.92 Å². The first-order valence-corrected chi connectivity index (χ1v) is 12.2. The zero-order chi connectivity index (χ0) is 28.5. The van der Waals surface area contributed by atoms with Crippen molar-refractivity contribution >= 4 is 35.3 Å². The molecule has 13 nitrogen and oxygen atoms in total. The van der Waals surface area contributed by atoms with E-state index in [2.05, 4.69) is 16.0 Å². The first-order chi connectivity index (χ1) is 18.6. The van der Waals surface area contributed by atoms with Gasteiger partial charge in [-0.05, 0) is 18.1 Å². The number of nitrogens with one attached hydrogen (secondary N) is 3. The number of nitro groups is 1. The summed E-state index contributed by atoms with van der Waals surface area (Å²) < 4.78 is 4.98. The number of nitro benzene ring substituents is 1. The van der Waals surface area contributed by atoms with Gasteiger partial charge in [-0.15, -0.1) is 0 Å². The number of carbonyl (C=O) groups is 5. The molecule has 4 atom stereocenters. The number of rotatable bonds is 12. The Morgan fingerprint density at radius 1 is 1.03 bits per heavy atom. The van der Waals surface area contributed by atoms with Gasteiger partial charge in [-0.2, -0.15) is 0 Å². The summed E-state index contributed by atoms with van der Waals surface area (Å²) in [7, 11) is 0. The van der Waals surface area contributed by atoms with E-state index in [0.29, 0.717) is 5.56 Å². The summed E-state index contributed by atoms with van der Waals surface area (Å²) in [6.07, 6.45) is -0.584. The molecule has 39 heavy (non-hydrogen) atoms. The number of esters is 1. The van der Waals surface area contributed by atoms with Gasteiger partial charge in [0.1, 0.15) is 18.1 Å². The van der Waals surface area contributed by atoms with Crippen LogP contribution in [-0.2, 0) is 35.1 Å². The van der Waals surface area contributed by atoms with E-state index in [-0.39, 0.29) is 25.1 Å². The molecule has 4 amide bonds. The van der Waals surface area contributed by atoms with Crippen LogP contribution in [0.3, 0.4) is 0 Å². The Morgan fingerprint density at radius 2 is 1.64 bits per heavy atom. The molecular formula is C26H29N5O8. The van der Waals surface area contributed by atoms with Crippen molar-refractivity contribution in [3.8, 4) is 0 Å². The number of hydrogen-bond donors (Lipinski definition) is 4. The quantitative estimate of drug-likeness (QED) is 0.167. The summed E-state index contributed by atoms with van der Waals surface area (Å²) in [6.45, 7) is 1.67. The standard InChI is InChI=1S/C26H29N5O8/c1-2-39-22(33)13-18(16-8-10-17(11-9-16)31(37)38)23(24(27)34)30-21(32)14-20-26(36)28-19(25(35)29-20)12-15-6-4-3-5-7-15/h3-11,18-20,23H,2,12-14H2,1H3,(H2,27,34)(H,28,36)(H,29,35)(H,30,32)/t18-,19+,20+,23+/m1/s1.